The van der Waals surface area contributed by atoms with E-state index in [1.54, 1.807) is 4.90 Å². The molecule has 0 aromatic heterocycles. The first kappa shape index (κ1) is 23.5. The number of hydrogen-bond donors (Lipinski definition) is 1. The van der Waals surface area contributed by atoms with Crippen LogP contribution in [-0.4, -0.2) is 66.3 Å². The molecule has 0 spiro atoms. The number of hydrogen-bond acceptors (Lipinski definition) is 5. The maximum atomic E-state index is 13.0. The average Bonchev–Trinajstić information content (AvgIpc) is 3.20. The Morgan fingerprint density at radius 2 is 1.71 bits per heavy atom. The minimum absolute atomic E-state index is 0.0946. The first-order chi connectivity index (χ1) is 17.0. The maximum Gasteiger partial charge on any atom is 0.255 e. The lowest BCUT2D eigenvalue weighted by atomic mass is 9.98. The van der Waals surface area contributed by atoms with Crippen LogP contribution in [0.5, 0.6) is 0 Å². The third-order valence-electron chi connectivity index (χ3n) is 7.62. The lowest BCUT2D eigenvalue weighted by molar-refractivity contribution is -0.136. The van der Waals surface area contributed by atoms with E-state index in [9.17, 15) is 14.4 Å². The van der Waals surface area contributed by atoms with Gasteiger partial charge in [-0.15, -0.1) is 0 Å². The Morgan fingerprint density at radius 3 is 2.46 bits per heavy atom. The minimum Gasteiger partial charge on any atom is -0.369 e. The molecule has 0 aliphatic carbocycles. The highest BCUT2D eigenvalue weighted by atomic mass is 16.2. The number of carbonyl (C=O) groups excluding carboxylic acids is 3. The Kier molecular flexibility index (Phi) is 6.86. The van der Waals surface area contributed by atoms with Crippen molar-refractivity contribution in [1.82, 2.24) is 15.1 Å². The molecular formula is C28H34N4O3. The smallest absolute Gasteiger partial charge is 0.255 e. The Bertz CT molecular complexity index is 1110. The summed E-state index contributed by atoms with van der Waals surface area (Å²) in [5.74, 6) is -0.707. The van der Waals surface area contributed by atoms with Crippen LogP contribution in [0.2, 0.25) is 0 Å². The summed E-state index contributed by atoms with van der Waals surface area (Å²) in [6, 6.07) is 14.2. The van der Waals surface area contributed by atoms with Gasteiger partial charge in [-0.25, -0.2) is 0 Å². The summed E-state index contributed by atoms with van der Waals surface area (Å²) in [4.78, 5) is 43.5. The number of carbonyl (C=O) groups is 3. The van der Waals surface area contributed by atoms with E-state index in [2.05, 4.69) is 52.4 Å². The van der Waals surface area contributed by atoms with Gasteiger partial charge in [0.05, 0.1) is 0 Å². The van der Waals surface area contributed by atoms with E-state index in [1.165, 1.54) is 16.8 Å². The molecule has 0 saturated carbocycles. The van der Waals surface area contributed by atoms with Crippen LogP contribution < -0.4 is 10.2 Å². The van der Waals surface area contributed by atoms with Crippen molar-refractivity contribution in [3.63, 3.8) is 0 Å². The Balaban J connectivity index is 1.10. The molecule has 0 bridgehead atoms. The predicted molar refractivity (Wildman–Crippen MR) is 135 cm³/mol. The fraction of sp³-hybridized carbons (Fsp3) is 0.464. The molecule has 2 aromatic rings. The second-order valence-electron chi connectivity index (χ2n) is 9.96. The van der Waals surface area contributed by atoms with Gasteiger partial charge >= 0.3 is 0 Å². The molecule has 3 amide bonds. The molecule has 2 aromatic carbocycles. The molecule has 7 heteroatoms. The molecule has 0 radical (unpaired) electrons. The SMILES string of the molecule is Cc1ccc(N2CCN(CCCCc3cccc4c3CN(C3CCC(=O)NC3=O)C4=O)CC2)cc1. The van der Waals surface area contributed by atoms with Gasteiger partial charge in [-0.3, -0.25) is 24.6 Å². The fourth-order valence-electron chi connectivity index (χ4n) is 5.52. The lowest BCUT2D eigenvalue weighted by Gasteiger charge is -2.36. The second kappa shape index (κ2) is 10.2. The zero-order valence-corrected chi connectivity index (χ0v) is 20.5. The van der Waals surface area contributed by atoms with Gasteiger partial charge < -0.3 is 9.80 Å². The normalized spacial score (nSPS) is 20.8. The largest absolute Gasteiger partial charge is 0.369 e. The van der Waals surface area contributed by atoms with Gasteiger partial charge in [0.15, 0.2) is 0 Å². The second-order valence-corrected chi connectivity index (χ2v) is 9.96. The van der Waals surface area contributed by atoms with E-state index < -0.39 is 6.04 Å². The van der Waals surface area contributed by atoms with Crippen molar-refractivity contribution < 1.29 is 14.4 Å². The van der Waals surface area contributed by atoms with E-state index in [1.807, 2.05) is 12.1 Å². The zero-order chi connectivity index (χ0) is 24.4. The Morgan fingerprint density at radius 1 is 0.943 bits per heavy atom. The summed E-state index contributed by atoms with van der Waals surface area (Å²) < 4.78 is 0. The molecule has 7 nitrogen and oxygen atoms in total. The van der Waals surface area contributed by atoms with Gasteiger partial charge in [0.1, 0.15) is 6.04 Å². The number of nitrogens with one attached hydrogen (secondary N) is 1. The van der Waals surface area contributed by atoms with Crippen LogP contribution in [0.1, 0.15) is 52.7 Å². The van der Waals surface area contributed by atoms with Gasteiger partial charge in [0.25, 0.3) is 5.91 Å². The van der Waals surface area contributed by atoms with Crippen molar-refractivity contribution in [2.75, 3.05) is 37.6 Å². The number of unbranched alkanes of at least 4 members (excludes halogenated alkanes) is 1. The van der Waals surface area contributed by atoms with E-state index >= 15 is 0 Å². The number of nitrogens with zero attached hydrogens (tertiary/aromatic N) is 3. The number of benzene rings is 2. The van der Waals surface area contributed by atoms with Crippen molar-refractivity contribution >= 4 is 23.4 Å². The fourth-order valence-corrected chi connectivity index (χ4v) is 5.52. The summed E-state index contributed by atoms with van der Waals surface area (Å²) in [5, 5.41) is 2.38. The van der Waals surface area contributed by atoms with Gasteiger partial charge in [-0.1, -0.05) is 29.8 Å². The quantitative estimate of drug-likeness (QED) is 0.494. The van der Waals surface area contributed by atoms with Gasteiger partial charge in [-0.2, -0.15) is 0 Å². The highest BCUT2D eigenvalue weighted by molar-refractivity contribution is 6.05. The summed E-state index contributed by atoms with van der Waals surface area (Å²) in [6.45, 7) is 7.97. The highest BCUT2D eigenvalue weighted by Crippen LogP contribution is 2.30. The number of amides is 3. The van der Waals surface area contributed by atoms with Crippen LogP contribution in [0, 0.1) is 6.92 Å². The van der Waals surface area contributed by atoms with Crippen molar-refractivity contribution in [3.05, 3.63) is 64.7 Å². The molecule has 1 unspecified atom stereocenters. The highest BCUT2D eigenvalue weighted by Gasteiger charge is 2.39. The van der Waals surface area contributed by atoms with E-state index in [0.717, 1.165) is 57.5 Å². The topological polar surface area (TPSA) is 73.0 Å². The van der Waals surface area contributed by atoms with Crippen LogP contribution >= 0.6 is 0 Å². The maximum absolute atomic E-state index is 13.0. The van der Waals surface area contributed by atoms with Gasteiger partial charge in [0.2, 0.25) is 11.8 Å². The Hall–Kier alpha value is -3.19. The molecule has 2 fully saturated rings. The zero-order valence-electron chi connectivity index (χ0n) is 20.5. The van der Waals surface area contributed by atoms with Crippen molar-refractivity contribution in [1.29, 1.82) is 0 Å². The molecule has 2 saturated heterocycles. The number of aryl methyl sites for hydroxylation is 2. The average molecular weight is 475 g/mol. The first-order valence-corrected chi connectivity index (χ1v) is 12.8. The molecule has 184 valence electrons. The number of anilines is 1. The number of rotatable bonds is 7. The molecule has 3 aliphatic heterocycles. The number of fused-ring (bicyclic) bond motifs is 1. The molecular weight excluding hydrogens is 440 g/mol. The summed E-state index contributed by atoms with van der Waals surface area (Å²) in [5.41, 5.74) is 5.57. The third-order valence-corrected chi connectivity index (χ3v) is 7.62. The molecule has 5 rings (SSSR count). The third kappa shape index (κ3) is 5.10. The lowest BCUT2D eigenvalue weighted by Crippen LogP contribution is -2.52. The summed E-state index contributed by atoms with van der Waals surface area (Å²) in [7, 11) is 0. The number of imide groups is 1. The van der Waals surface area contributed by atoms with Crippen molar-refractivity contribution in [3.8, 4) is 0 Å². The predicted octanol–water partition coefficient (Wildman–Crippen LogP) is 2.90. The van der Waals surface area contributed by atoms with Crippen LogP contribution in [0.3, 0.4) is 0 Å². The van der Waals surface area contributed by atoms with Crippen LogP contribution in [0.4, 0.5) is 5.69 Å². The number of piperazine rings is 1. The molecule has 3 aliphatic rings. The Labute approximate surface area is 207 Å². The van der Waals surface area contributed by atoms with Crippen LogP contribution in [0.15, 0.2) is 42.5 Å². The minimum atomic E-state index is -0.556. The van der Waals surface area contributed by atoms with Crippen molar-refractivity contribution in [2.24, 2.45) is 0 Å². The van der Waals surface area contributed by atoms with E-state index in [4.69, 9.17) is 0 Å². The number of piperidine rings is 1. The first-order valence-electron chi connectivity index (χ1n) is 12.8. The molecule has 1 atom stereocenters. The van der Waals surface area contributed by atoms with Crippen LogP contribution in [0.25, 0.3) is 0 Å². The molecule has 3 heterocycles. The van der Waals surface area contributed by atoms with Gasteiger partial charge in [-0.05, 0) is 68.5 Å². The monoisotopic (exact) mass is 474 g/mol. The van der Waals surface area contributed by atoms with E-state index in [0.29, 0.717) is 18.5 Å². The standard InChI is InChI=1S/C28H34N4O3/c1-20-8-10-22(11-9-20)31-17-15-30(16-18-31)14-3-2-5-21-6-4-7-23-24(21)19-32(28(23)35)25-12-13-26(33)29-27(25)34/h4,6-11,25H,2-3,5,12-19H2,1H3,(H,29,33,34). The van der Waals surface area contributed by atoms with Crippen LogP contribution in [-0.2, 0) is 22.6 Å². The summed E-state index contributed by atoms with van der Waals surface area (Å²) in [6.07, 6.45) is 3.81. The molecule has 1 N–H and O–H groups in total. The van der Waals surface area contributed by atoms with E-state index in [-0.39, 0.29) is 24.1 Å². The summed E-state index contributed by atoms with van der Waals surface area (Å²) >= 11 is 0. The van der Waals surface area contributed by atoms with Gasteiger partial charge in [0, 0.05) is 50.4 Å². The molecule has 35 heavy (non-hydrogen) atoms. The van der Waals surface area contributed by atoms with Crippen molar-refractivity contribution in [2.45, 2.75) is 51.6 Å².